The van der Waals surface area contributed by atoms with Crippen LogP contribution >= 0.6 is 9.39 Å². The van der Waals surface area contributed by atoms with Gasteiger partial charge in [0.25, 0.3) is 5.92 Å². The third-order valence-corrected chi connectivity index (χ3v) is 7.18. The lowest BCUT2D eigenvalue weighted by molar-refractivity contribution is 0.0480. The molecule has 2 atom stereocenters. The molecule has 2 aliphatic carbocycles. The molecule has 0 radical (unpaired) electrons. The summed E-state index contributed by atoms with van der Waals surface area (Å²) in [5.41, 5.74) is 3.42. The van der Waals surface area contributed by atoms with Gasteiger partial charge in [0.2, 0.25) is 0 Å². The number of alkyl halides is 2. The van der Waals surface area contributed by atoms with Crippen molar-refractivity contribution in [2.45, 2.75) is 31.2 Å². The Morgan fingerprint density at radius 3 is 2.64 bits per heavy atom. The molecule has 1 saturated heterocycles. The number of fused-ring (bicyclic) bond motifs is 3. The molecule has 1 saturated carbocycles. The van der Waals surface area contributed by atoms with Gasteiger partial charge in [-0.2, -0.15) is 8.78 Å². The molecule has 3 nitrogen and oxygen atoms in total. The first-order chi connectivity index (χ1) is 13.5. The van der Waals surface area contributed by atoms with Gasteiger partial charge in [0.15, 0.2) is 0 Å². The molecule has 0 bridgehead atoms. The van der Waals surface area contributed by atoms with Crippen LogP contribution in [0.5, 0.6) is 0 Å². The Balaban J connectivity index is 1.37. The van der Waals surface area contributed by atoms with E-state index in [-0.39, 0.29) is 17.2 Å². The molecule has 1 unspecified atom stereocenters. The fourth-order valence-corrected chi connectivity index (χ4v) is 5.51. The first-order valence-electron chi connectivity index (χ1n) is 9.66. The van der Waals surface area contributed by atoms with E-state index in [1.54, 1.807) is 24.4 Å². The molecule has 2 aromatic carbocycles. The third-order valence-electron chi connectivity index (χ3n) is 6.64. The van der Waals surface area contributed by atoms with Gasteiger partial charge in [0, 0.05) is 23.2 Å². The number of hydrogen-bond acceptors (Lipinski definition) is 2. The number of rotatable bonds is 2. The summed E-state index contributed by atoms with van der Waals surface area (Å²) in [6, 6.07) is 12.3. The first-order valence-corrected chi connectivity index (χ1v) is 10.2. The van der Waals surface area contributed by atoms with Gasteiger partial charge in [-0.15, -0.1) is 0 Å². The van der Waals surface area contributed by atoms with Crippen molar-refractivity contribution in [3.63, 3.8) is 0 Å². The van der Waals surface area contributed by atoms with E-state index in [2.05, 4.69) is 24.0 Å². The van der Waals surface area contributed by atoms with Crippen LogP contribution in [0.15, 0.2) is 48.7 Å². The van der Waals surface area contributed by atoms with Crippen molar-refractivity contribution in [3.05, 3.63) is 65.6 Å². The SMILES string of the molecule is FC1(F)c2ccccc2-c2ccc(-c3cnc([C@@H]4CC5(CC5)CN4P)[nH]3)cc21. The highest BCUT2D eigenvalue weighted by Crippen LogP contribution is 2.59. The Morgan fingerprint density at radius 1 is 1.07 bits per heavy atom. The van der Waals surface area contributed by atoms with Crippen LogP contribution in [0.3, 0.4) is 0 Å². The molecule has 28 heavy (non-hydrogen) atoms. The number of halogens is 2. The second kappa shape index (κ2) is 5.49. The zero-order valence-corrected chi connectivity index (χ0v) is 16.4. The Kier molecular flexibility index (Phi) is 3.30. The van der Waals surface area contributed by atoms with Crippen LogP contribution in [0.1, 0.15) is 42.3 Å². The number of imidazole rings is 1. The summed E-state index contributed by atoms with van der Waals surface area (Å²) in [5, 5.41) is 0. The predicted octanol–water partition coefficient (Wildman–Crippen LogP) is 5.51. The van der Waals surface area contributed by atoms with Crippen molar-refractivity contribution in [1.29, 1.82) is 0 Å². The quantitative estimate of drug-likeness (QED) is 0.580. The van der Waals surface area contributed by atoms with E-state index in [1.807, 2.05) is 18.2 Å². The molecule has 3 aromatic rings. The maximum Gasteiger partial charge on any atom is 0.299 e. The zero-order valence-electron chi connectivity index (χ0n) is 15.3. The standard InChI is InChI=1S/C22H20F2N3P/c23-22(24)16-4-2-1-3-14(16)15-6-5-13(9-17(15)22)18-11-25-20(26-18)19-10-21(7-8-21)12-27(19)28/h1-6,9,11,19H,7-8,10,12,28H2,(H,25,26)/t19-/m0/s1. The van der Waals surface area contributed by atoms with E-state index in [0.717, 1.165) is 30.0 Å². The second-order valence-electron chi connectivity index (χ2n) is 8.45. The minimum Gasteiger partial charge on any atom is -0.341 e. The lowest BCUT2D eigenvalue weighted by atomic mass is 10.0. The van der Waals surface area contributed by atoms with Crippen LogP contribution < -0.4 is 0 Å². The van der Waals surface area contributed by atoms with E-state index >= 15 is 0 Å². The lowest BCUT2D eigenvalue weighted by Crippen LogP contribution is -2.13. The van der Waals surface area contributed by atoms with Gasteiger partial charge in [0.1, 0.15) is 5.82 Å². The number of hydrogen-bond donors (Lipinski definition) is 1. The number of aromatic nitrogens is 2. The molecule has 1 spiro atoms. The van der Waals surface area contributed by atoms with E-state index in [9.17, 15) is 8.78 Å². The van der Waals surface area contributed by atoms with Crippen LogP contribution in [0.4, 0.5) is 8.78 Å². The van der Waals surface area contributed by atoms with E-state index in [1.165, 1.54) is 18.9 Å². The monoisotopic (exact) mass is 395 g/mol. The maximum absolute atomic E-state index is 15.0. The Labute approximate surface area is 164 Å². The van der Waals surface area contributed by atoms with Gasteiger partial charge < -0.3 is 4.98 Å². The van der Waals surface area contributed by atoms with Gasteiger partial charge in [-0.3, -0.25) is 4.67 Å². The molecule has 142 valence electrons. The van der Waals surface area contributed by atoms with Crippen molar-refractivity contribution >= 4 is 9.39 Å². The minimum atomic E-state index is -2.97. The van der Waals surface area contributed by atoms with E-state index in [4.69, 9.17) is 0 Å². The molecule has 1 aliphatic heterocycles. The Bertz CT molecular complexity index is 1100. The van der Waals surface area contributed by atoms with Crippen molar-refractivity contribution in [2.24, 2.45) is 5.41 Å². The smallest absolute Gasteiger partial charge is 0.299 e. The van der Waals surface area contributed by atoms with Crippen LogP contribution in [0.25, 0.3) is 22.4 Å². The number of benzene rings is 2. The van der Waals surface area contributed by atoms with Crippen molar-refractivity contribution in [2.75, 3.05) is 6.54 Å². The molecule has 6 heteroatoms. The number of nitrogens with one attached hydrogen (secondary N) is 1. The van der Waals surface area contributed by atoms with Crippen molar-refractivity contribution in [3.8, 4) is 22.4 Å². The normalized spacial score (nSPS) is 23.8. The molecule has 0 amide bonds. The van der Waals surface area contributed by atoms with E-state index < -0.39 is 5.92 Å². The van der Waals surface area contributed by atoms with Gasteiger partial charge in [-0.1, -0.05) is 45.8 Å². The summed E-state index contributed by atoms with van der Waals surface area (Å²) in [6.07, 6.45) is 5.47. The molecular formula is C22H20F2N3P. The highest BCUT2D eigenvalue weighted by atomic mass is 31.0. The number of H-pyrrole nitrogens is 1. The molecule has 2 heterocycles. The average Bonchev–Trinajstić information content (AvgIpc) is 3.05. The minimum absolute atomic E-state index is 0.0767. The summed E-state index contributed by atoms with van der Waals surface area (Å²) >= 11 is 0. The highest BCUT2D eigenvalue weighted by molar-refractivity contribution is 7.13. The fraction of sp³-hybridized carbons (Fsp3) is 0.318. The van der Waals surface area contributed by atoms with Crippen molar-refractivity contribution in [1.82, 2.24) is 14.6 Å². The molecule has 3 aliphatic rings. The number of nitrogens with zero attached hydrogens (tertiary/aromatic N) is 2. The van der Waals surface area contributed by atoms with Crippen LogP contribution in [-0.4, -0.2) is 21.2 Å². The van der Waals surface area contributed by atoms with Gasteiger partial charge >= 0.3 is 0 Å². The average molecular weight is 395 g/mol. The lowest BCUT2D eigenvalue weighted by Gasteiger charge is -2.16. The van der Waals surface area contributed by atoms with Crippen LogP contribution in [0.2, 0.25) is 0 Å². The fourth-order valence-electron chi connectivity index (χ4n) is 4.88. The highest BCUT2D eigenvalue weighted by Gasteiger charge is 2.52. The summed E-state index contributed by atoms with van der Waals surface area (Å²) in [4.78, 5) is 7.99. The predicted molar refractivity (Wildman–Crippen MR) is 108 cm³/mol. The topological polar surface area (TPSA) is 31.9 Å². The van der Waals surface area contributed by atoms with Crippen LogP contribution in [-0.2, 0) is 5.92 Å². The van der Waals surface area contributed by atoms with Gasteiger partial charge in [-0.05, 0) is 41.9 Å². The summed E-state index contributed by atoms with van der Waals surface area (Å²) in [7, 11) is 2.82. The van der Waals surface area contributed by atoms with E-state index in [0.29, 0.717) is 16.5 Å². The third kappa shape index (κ3) is 2.29. The van der Waals surface area contributed by atoms with Gasteiger partial charge in [-0.25, -0.2) is 4.98 Å². The molecule has 6 rings (SSSR count). The first kappa shape index (κ1) is 16.8. The van der Waals surface area contributed by atoms with Crippen LogP contribution in [0, 0.1) is 5.41 Å². The number of aromatic amines is 1. The second-order valence-corrected chi connectivity index (χ2v) is 9.12. The summed E-state index contributed by atoms with van der Waals surface area (Å²) < 4.78 is 32.3. The Morgan fingerprint density at radius 2 is 1.86 bits per heavy atom. The zero-order chi connectivity index (χ0) is 19.1. The summed E-state index contributed by atoms with van der Waals surface area (Å²) in [5.74, 6) is -2.05. The molecule has 2 fully saturated rings. The molecule has 1 aromatic heterocycles. The Hall–Kier alpha value is -2.10. The maximum atomic E-state index is 15.0. The summed E-state index contributed by atoms with van der Waals surface area (Å²) in [6.45, 7) is 1.09. The van der Waals surface area contributed by atoms with Crippen molar-refractivity contribution < 1.29 is 8.78 Å². The van der Waals surface area contributed by atoms with Gasteiger partial charge in [0.05, 0.1) is 17.9 Å². The largest absolute Gasteiger partial charge is 0.341 e. The molecular weight excluding hydrogens is 375 g/mol. The molecule has 1 N–H and O–H groups in total.